The number of azo groups is 1. The Kier molecular flexibility index (Phi) is 13.0. The topological polar surface area (TPSA) is 217 Å². The van der Waals surface area contributed by atoms with Gasteiger partial charge in [0, 0.05) is 30.6 Å². The van der Waals surface area contributed by atoms with Crippen LogP contribution in [0.5, 0.6) is 5.88 Å². The Morgan fingerprint density at radius 2 is 1.76 bits per heavy atom. The van der Waals surface area contributed by atoms with E-state index >= 15 is 0 Å². The maximum Gasteiger partial charge on any atom is 0.319 e. The molecule has 1 aromatic heterocycles. The van der Waals surface area contributed by atoms with E-state index in [4.69, 9.17) is 14.6 Å². The maximum atomic E-state index is 13.0. The number of benzene rings is 2. The first kappa shape index (κ1) is 34.7. The molecule has 16 heteroatoms. The Labute approximate surface area is 260 Å². The second-order valence-corrected chi connectivity index (χ2v) is 11.2. The van der Waals surface area contributed by atoms with Crippen LogP contribution in [0, 0.1) is 11.3 Å². The number of anilines is 2. The SMILES string of the molecule is CCCCNC(=O)Nc1ccc(NS(=O)(=O)c2ccc(/N=N/c3c(COC)c(C#N)c(=O)n(CCOCCO)c3O)cc2)cc1. The van der Waals surface area contributed by atoms with Crippen molar-refractivity contribution in [1.82, 2.24) is 9.88 Å². The molecule has 0 bridgehead atoms. The summed E-state index contributed by atoms with van der Waals surface area (Å²) in [6.07, 6.45) is 1.81. The summed E-state index contributed by atoms with van der Waals surface area (Å²) in [4.78, 5) is 24.7. The second kappa shape index (κ2) is 16.9. The zero-order valence-corrected chi connectivity index (χ0v) is 25.6. The van der Waals surface area contributed by atoms with Gasteiger partial charge in [-0.15, -0.1) is 5.11 Å². The van der Waals surface area contributed by atoms with Gasteiger partial charge in [-0.05, 0) is 55.0 Å². The fourth-order valence-electron chi connectivity index (χ4n) is 3.97. The molecule has 0 spiro atoms. The number of hydrogen-bond donors (Lipinski definition) is 5. The minimum Gasteiger partial charge on any atom is -0.493 e. The fraction of sp³-hybridized carbons (Fsp3) is 0.345. The molecule has 0 atom stereocenters. The van der Waals surface area contributed by atoms with Crippen molar-refractivity contribution in [2.75, 3.05) is 43.5 Å². The van der Waals surface area contributed by atoms with Crippen molar-refractivity contribution in [2.45, 2.75) is 37.8 Å². The lowest BCUT2D eigenvalue weighted by Gasteiger charge is -2.14. The zero-order valence-electron chi connectivity index (χ0n) is 24.8. The molecule has 0 aliphatic heterocycles. The Morgan fingerprint density at radius 3 is 2.38 bits per heavy atom. The highest BCUT2D eigenvalue weighted by atomic mass is 32.2. The largest absolute Gasteiger partial charge is 0.493 e. The number of methoxy groups -OCH3 is 1. The van der Waals surface area contributed by atoms with Crippen LogP contribution in [-0.2, 0) is 32.6 Å². The summed E-state index contributed by atoms with van der Waals surface area (Å²) >= 11 is 0. The molecule has 0 saturated carbocycles. The Morgan fingerprint density at radius 1 is 1.07 bits per heavy atom. The van der Waals surface area contributed by atoms with E-state index in [-0.39, 0.29) is 72.1 Å². The lowest BCUT2D eigenvalue weighted by atomic mass is 10.1. The minimum atomic E-state index is -3.98. The van der Waals surface area contributed by atoms with Crippen molar-refractivity contribution in [3.63, 3.8) is 0 Å². The number of pyridine rings is 1. The zero-order chi connectivity index (χ0) is 32.8. The molecule has 0 saturated heterocycles. The van der Waals surface area contributed by atoms with Crippen LogP contribution < -0.4 is 20.9 Å². The Hall–Kier alpha value is -4.82. The molecule has 1 heterocycles. The summed E-state index contributed by atoms with van der Waals surface area (Å²) in [6, 6.07) is 13.0. The van der Waals surface area contributed by atoms with E-state index in [2.05, 4.69) is 25.6 Å². The van der Waals surface area contributed by atoms with Gasteiger partial charge in [-0.25, -0.2) is 13.2 Å². The van der Waals surface area contributed by atoms with Gasteiger partial charge in [-0.1, -0.05) is 13.3 Å². The number of aromatic nitrogens is 1. The third-order valence-electron chi connectivity index (χ3n) is 6.23. The summed E-state index contributed by atoms with van der Waals surface area (Å²) in [6.45, 7) is 2.01. The number of hydrogen-bond acceptors (Lipinski definition) is 11. The maximum absolute atomic E-state index is 13.0. The van der Waals surface area contributed by atoms with Crippen LogP contribution in [0.25, 0.3) is 0 Å². The van der Waals surface area contributed by atoms with Crippen molar-refractivity contribution in [3.05, 3.63) is 70.0 Å². The molecule has 45 heavy (non-hydrogen) atoms. The van der Waals surface area contributed by atoms with Gasteiger partial charge in [-0.3, -0.25) is 14.1 Å². The van der Waals surface area contributed by atoms with Crippen LogP contribution in [0.3, 0.4) is 0 Å². The highest BCUT2D eigenvalue weighted by Gasteiger charge is 2.22. The van der Waals surface area contributed by atoms with Crippen molar-refractivity contribution in [2.24, 2.45) is 10.2 Å². The lowest BCUT2D eigenvalue weighted by molar-refractivity contribution is 0.0853. The first-order valence-electron chi connectivity index (χ1n) is 13.9. The summed E-state index contributed by atoms with van der Waals surface area (Å²) in [5, 5.41) is 42.9. The smallest absolute Gasteiger partial charge is 0.319 e. The van der Waals surface area contributed by atoms with Crippen LogP contribution in [-0.4, -0.2) is 62.7 Å². The van der Waals surface area contributed by atoms with Gasteiger partial charge >= 0.3 is 6.03 Å². The van der Waals surface area contributed by atoms with E-state index in [0.29, 0.717) is 12.2 Å². The number of carbonyl (C=O) groups is 1. The second-order valence-electron chi connectivity index (χ2n) is 9.47. The molecule has 15 nitrogen and oxygen atoms in total. The van der Waals surface area contributed by atoms with Crippen molar-refractivity contribution in [3.8, 4) is 11.9 Å². The summed E-state index contributed by atoms with van der Waals surface area (Å²) in [7, 11) is -2.63. The van der Waals surface area contributed by atoms with E-state index in [1.807, 2.05) is 13.0 Å². The van der Waals surface area contributed by atoms with Gasteiger partial charge in [0.1, 0.15) is 11.6 Å². The molecule has 0 radical (unpaired) electrons. The first-order valence-corrected chi connectivity index (χ1v) is 15.4. The number of rotatable bonds is 16. The van der Waals surface area contributed by atoms with Crippen LogP contribution in [0.4, 0.5) is 27.5 Å². The molecule has 0 unspecified atom stereocenters. The normalized spacial score (nSPS) is 11.3. The number of aromatic hydroxyl groups is 1. The van der Waals surface area contributed by atoms with E-state index in [1.165, 1.54) is 43.5 Å². The number of ether oxygens (including phenoxy) is 2. The molecule has 0 aliphatic rings. The van der Waals surface area contributed by atoms with Crippen LogP contribution in [0.2, 0.25) is 0 Å². The number of nitriles is 1. The number of aliphatic hydroxyl groups excluding tert-OH is 1. The number of nitrogens with zero attached hydrogens (tertiary/aromatic N) is 4. The molecule has 2 aromatic carbocycles. The predicted octanol–water partition coefficient (Wildman–Crippen LogP) is 3.72. The molecule has 3 rings (SSSR count). The molecule has 0 aliphatic carbocycles. The van der Waals surface area contributed by atoms with E-state index in [9.17, 15) is 28.4 Å². The van der Waals surface area contributed by atoms with Crippen molar-refractivity contribution < 1.29 is 32.9 Å². The Bertz CT molecular complexity index is 1680. The van der Waals surface area contributed by atoms with Crippen LogP contribution in [0.1, 0.15) is 30.9 Å². The Balaban J connectivity index is 1.78. The molecule has 3 aromatic rings. The number of urea groups is 1. The van der Waals surface area contributed by atoms with Crippen molar-refractivity contribution >= 4 is 38.8 Å². The average molecular weight is 642 g/mol. The summed E-state index contributed by atoms with van der Waals surface area (Å²) in [5.41, 5.74) is -0.222. The van der Waals surface area contributed by atoms with Gasteiger partial charge in [0.2, 0.25) is 5.88 Å². The number of unbranched alkanes of at least 4 members (excludes halogenated alkanes) is 1. The number of sulfonamides is 1. The fourth-order valence-corrected chi connectivity index (χ4v) is 5.02. The summed E-state index contributed by atoms with van der Waals surface area (Å²) in [5.74, 6) is -0.566. The third-order valence-corrected chi connectivity index (χ3v) is 7.63. The first-order chi connectivity index (χ1) is 21.6. The minimum absolute atomic E-state index is 0.0271. The monoisotopic (exact) mass is 641 g/mol. The van der Waals surface area contributed by atoms with Crippen molar-refractivity contribution in [1.29, 1.82) is 5.26 Å². The van der Waals surface area contributed by atoms with Gasteiger partial charge in [0.05, 0.1) is 43.6 Å². The van der Waals surface area contributed by atoms with E-state index < -0.39 is 21.5 Å². The molecule has 5 N–H and O–H groups in total. The molecule has 240 valence electrons. The predicted molar refractivity (Wildman–Crippen MR) is 165 cm³/mol. The molecular weight excluding hydrogens is 606 g/mol. The van der Waals surface area contributed by atoms with Crippen LogP contribution >= 0.6 is 0 Å². The third kappa shape index (κ3) is 9.58. The lowest BCUT2D eigenvalue weighted by Crippen LogP contribution is -2.29. The highest BCUT2D eigenvalue weighted by molar-refractivity contribution is 7.92. The highest BCUT2D eigenvalue weighted by Crippen LogP contribution is 2.33. The average Bonchev–Trinajstić information content (AvgIpc) is 3.02. The van der Waals surface area contributed by atoms with E-state index in [0.717, 1.165) is 17.4 Å². The van der Waals surface area contributed by atoms with E-state index in [1.54, 1.807) is 12.1 Å². The molecule has 0 fully saturated rings. The molecule has 2 amide bonds. The van der Waals surface area contributed by atoms with Gasteiger partial charge in [0.15, 0.2) is 5.69 Å². The number of amides is 2. The number of carbonyl (C=O) groups excluding carboxylic acids is 1. The number of nitrogens with one attached hydrogen (secondary N) is 3. The molecular formula is C29H35N7O8S. The van der Waals surface area contributed by atoms with Gasteiger partial charge < -0.3 is 30.3 Å². The quantitative estimate of drug-likeness (QED) is 0.114. The summed E-state index contributed by atoms with van der Waals surface area (Å²) < 4.78 is 39.6. The van der Waals surface area contributed by atoms with Gasteiger partial charge in [0.25, 0.3) is 15.6 Å². The number of aliphatic hydroxyl groups is 1. The van der Waals surface area contributed by atoms with Crippen LogP contribution in [0.15, 0.2) is 68.4 Å². The van der Waals surface area contributed by atoms with Gasteiger partial charge in [-0.2, -0.15) is 10.4 Å². The standard InChI is InChI=1S/C29H35N7O8S/c1-3-4-13-31-29(40)32-20-5-7-22(8-6-20)35-45(41,42)23-11-9-21(10-12-23)33-34-26-25(19-43-2)24(18-30)27(38)36(28(26)39)14-16-44-17-15-37/h5-12,35,37,39H,3-4,13-17,19H2,1-2H3,(H2,31,32,40)/b34-33+.